The molecule has 0 saturated carbocycles. The first-order valence-electron chi connectivity index (χ1n) is 18.6. The smallest absolute Gasteiger partial charge is 0.410 e. The first-order chi connectivity index (χ1) is 26.0. The summed E-state index contributed by atoms with van der Waals surface area (Å²) < 4.78 is 75.3. The van der Waals surface area contributed by atoms with Gasteiger partial charge in [0.1, 0.15) is 45.3 Å². The number of halogens is 3. The van der Waals surface area contributed by atoms with Gasteiger partial charge < -0.3 is 28.4 Å². The summed E-state index contributed by atoms with van der Waals surface area (Å²) in [5.74, 6) is -3.47. The molecule has 0 N–H and O–H groups in total. The van der Waals surface area contributed by atoms with Gasteiger partial charge in [0.2, 0.25) is 0 Å². The van der Waals surface area contributed by atoms with Crippen molar-refractivity contribution in [2.75, 3.05) is 19.6 Å². The fourth-order valence-corrected chi connectivity index (χ4v) is 7.01. The number of rotatable bonds is 13. The summed E-state index contributed by atoms with van der Waals surface area (Å²) in [6, 6.07) is 11.3. The van der Waals surface area contributed by atoms with Gasteiger partial charge in [0.05, 0.1) is 24.5 Å². The Morgan fingerprint density at radius 3 is 2.32 bits per heavy atom. The molecule has 11 nitrogen and oxygen atoms in total. The number of aromatic nitrogens is 2. The lowest BCUT2D eigenvalue weighted by Crippen LogP contribution is -2.50. The third-order valence-corrected chi connectivity index (χ3v) is 10.6. The zero-order chi connectivity index (χ0) is 41.7. The molecule has 0 aliphatic carbocycles. The zero-order valence-corrected chi connectivity index (χ0v) is 34.7. The molecule has 1 aromatic heterocycles. The van der Waals surface area contributed by atoms with E-state index in [1.165, 1.54) is 29.9 Å². The lowest BCUT2D eigenvalue weighted by atomic mass is 9.79. The van der Waals surface area contributed by atoms with Gasteiger partial charge in [-0.2, -0.15) is 0 Å². The predicted molar refractivity (Wildman–Crippen MR) is 210 cm³/mol. The maximum Gasteiger partial charge on any atom is 0.410 e. The molecular formula is C41H54F3N5O6S. The number of esters is 1. The number of hydrogen-bond acceptors (Lipinski definition) is 8. The lowest BCUT2D eigenvalue weighted by Gasteiger charge is -2.43. The van der Waals surface area contributed by atoms with E-state index >= 15 is 8.78 Å². The summed E-state index contributed by atoms with van der Waals surface area (Å²) in [7, 11) is 0. The van der Waals surface area contributed by atoms with E-state index in [1.54, 1.807) is 52.3 Å². The van der Waals surface area contributed by atoms with Crippen molar-refractivity contribution in [1.82, 2.24) is 19.4 Å². The molecule has 2 aromatic carbocycles. The highest BCUT2D eigenvalue weighted by molar-refractivity contribution is 7.91. The summed E-state index contributed by atoms with van der Waals surface area (Å²) in [5.41, 5.74) is -1.07. The first kappa shape index (κ1) is 44.3. The van der Waals surface area contributed by atoms with E-state index in [4.69, 9.17) is 14.5 Å². The number of imidazole rings is 1. The summed E-state index contributed by atoms with van der Waals surface area (Å²) in [6.07, 6.45) is -0.381. The Morgan fingerprint density at radius 2 is 1.71 bits per heavy atom. The lowest BCUT2D eigenvalue weighted by molar-refractivity contribution is -0.161. The Labute approximate surface area is 331 Å². The van der Waals surface area contributed by atoms with Crippen LogP contribution >= 0.6 is 0 Å². The Balaban J connectivity index is 1.95. The van der Waals surface area contributed by atoms with Gasteiger partial charge in [0.15, 0.2) is 6.10 Å². The van der Waals surface area contributed by atoms with Gasteiger partial charge in [-0.1, -0.05) is 48.6 Å². The monoisotopic (exact) mass is 801 g/mol. The van der Waals surface area contributed by atoms with E-state index in [2.05, 4.69) is 4.40 Å². The molecule has 306 valence electrons. The van der Waals surface area contributed by atoms with Gasteiger partial charge in [-0.05, 0) is 84.1 Å². The molecular weight excluding hydrogens is 748 g/mol. The fourth-order valence-electron chi connectivity index (χ4n) is 6.49. The van der Waals surface area contributed by atoms with Crippen molar-refractivity contribution in [3.8, 4) is 11.3 Å². The summed E-state index contributed by atoms with van der Waals surface area (Å²) in [4.78, 5) is 47.5. The van der Waals surface area contributed by atoms with Crippen molar-refractivity contribution in [3.05, 3.63) is 77.8 Å². The largest absolute Gasteiger partial charge is 0.591 e. The van der Waals surface area contributed by atoms with Gasteiger partial charge in [-0.25, -0.2) is 22.9 Å². The minimum Gasteiger partial charge on any atom is -0.591 e. The van der Waals surface area contributed by atoms with Crippen LogP contribution in [0.15, 0.2) is 59.1 Å². The number of likely N-dealkylation sites (tertiary alicyclic amines) is 1. The molecule has 56 heavy (non-hydrogen) atoms. The highest BCUT2D eigenvalue weighted by Gasteiger charge is 2.46. The van der Waals surface area contributed by atoms with Crippen molar-refractivity contribution in [3.63, 3.8) is 0 Å². The third-order valence-electron chi connectivity index (χ3n) is 9.23. The van der Waals surface area contributed by atoms with Gasteiger partial charge in [0, 0.05) is 44.2 Å². The van der Waals surface area contributed by atoms with Crippen molar-refractivity contribution in [1.29, 1.82) is 0 Å². The normalized spacial score (nSPS) is 18.1. The zero-order valence-electron chi connectivity index (χ0n) is 33.8. The Kier molecular flexibility index (Phi) is 14.1. The number of carbonyl (C=O) groups excluding carboxylic acids is 3. The first-order valence-corrected chi connectivity index (χ1v) is 19.7. The maximum atomic E-state index is 16.1. The van der Waals surface area contributed by atoms with Crippen molar-refractivity contribution < 1.29 is 41.6 Å². The Morgan fingerprint density at radius 1 is 1.05 bits per heavy atom. The van der Waals surface area contributed by atoms with E-state index in [1.807, 2.05) is 44.2 Å². The number of alkyl halides is 1. The third kappa shape index (κ3) is 11.6. The van der Waals surface area contributed by atoms with Crippen LogP contribution in [-0.4, -0.2) is 90.3 Å². The molecule has 4 rings (SSSR count). The Hall–Kier alpha value is -4.37. The molecule has 3 unspecified atom stereocenters. The summed E-state index contributed by atoms with van der Waals surface area (Å²) in [5, 5.41) is 0. The molecule has 2 heterocycles. The molecule has 2 amide bonds. The van der Waals surface area contributed by atoms with Crippen LogP contribution in [-0.2, 0) is 37.0 Å². The van der Waals surface area contributed by atoms with Crippen molar-refractivity contribution in [2.24, 2.45) is 15.7 Å². The van der Waals surface area contributed by atoms with E-state index in [9.17, 15) is 23.3 Å². The van der Waals surface area contributed by atoms with Gasteiger partial charge in [0.25, 0.3) is 5.91 Å². The Bertz CT molecular complexity index is 1880. The molecule has 1 saturated heterocycles. The topological polar surface area (TPSA) is 129 Å². The van der Waals surface area contributed by atoms with Crippen LogP contribution in [0.1, 0.15) is 93.1 Å². The van der Waals surface area contributed by atoms with Gasteiger partial charge in [-0.15, -0.1) is 0 Å². The molecule has 3 aromatic rings. The van der Waals surface area contributed by atoms with Crippen LogP contribution < -0.4 is 0 Å². The molecule has 5 atom stereocenters. The molecule has 1 aliphatic rings. The molecule has 15 heteroatoms. The van der Waals surface area contributed by atoms with E-state index in [-0.39, 0.29) is 49.7 Å². The van der Waals surface area contributed by atoms with Gasteiger partial charge >= 0.3 is 12.1 Å². The van der Waals surface area contributed by atoms with Crippen molar-refractivity contribution in [2.45, 2.75) is 111 Å². The molecule has 0 radical (unpaired) electrons. The predicted octanol–water partition coefficient (Wildman–Crippen LogP) is 7.85. The van der Waals surface area contributed by atoms with Crippen LogP contribution in [0.4, 0.5) is 18.0 Å². The number of hydrogen-bond donors (Lipinski definition) is 0. The summed E-state index contributed by atoms with van der Waals surface area (Å²) >= 11 is -1.61. The van der Waals surface area contributed by atoms with Crippen LogP contribution in [0.2, 0.25) is 0 Å². The number of amides is 2. The highest BCUT2D eigenvalue weighted by Crippen LogP contribution is 2.43. The number of nitrogens with zero attached hydrogens (tertiary/aromatic N) is 5. The molecule has 1 aliphatic heterocycles. The average molecular weight is 802 g/mol. The standard InChI is InChI=1S/C41H54F3N5O6S/c1-26(54-27(2)50)37(51)49(23-29-22-48(24-33(29)44)38(52)55-39(3,4)5)35(41(9,10)18-19-45-56(53)40(6,7)8)36-46-34(31-20-30(42)16-17-32(31)43)25-47(36)21-28-14-12-11-13-15-28/h11-17,19-20,25-26,29,33,35H,18,21-24H2,1-10H3/t26-,29?,33?,35-,56?/m0/s1. The second-order valence-corrected chi connectivity index (χ2v) is 18.8. The molecule has 0 spiro atoms. The number of ether oxygens (including phenoxy) is 2. The number of benzene rings is 2. The maximum absolute atomic E-state index is 16.1. The highest BCUT2D eigenvalue weighted by atomic mass is 32.2. The van der Waals surface area contributed by atoms with E-state index in [0.717, 1.165) is 23.8 Å². The SMILES string of the molecule is CC(=O)O[C@@H](C)C(=O)N(CC1CN(C(=O)OC(C)(C)C)CC1F)[C@@H](c1nc(-c2cc(F)ccc2F)cn1Cc1ccccc1)C(C)(C)CC=N[S+]([O-])C(C)(C)C. The van der Waals surface area contributed by atoms with Crippen LogP contribution in [0.3, 0.4) is 0 Å². The van der Waals surface area contributed by atoms with E-state index < -0.39 is 81.0 Å². The minimum atomic E-state index is -1.61. The average Bonchev–Trinajstić information content (AvgIpc) is 3.66. The molecule has 0 bridgehead atoms. The van der Waals surface area contributed by atoms with Gasteiger partial charge in [-0.3, -0.25) is 9.59 Å². The summed E-state index contributed by atoms with van der Waals surface area (Å²) in [6.45, 7) is 16.3. The molecule has 1 fully saturated rings. The number of carbonyl (C=O) groups is 3. The van der Waals surface area contributed by atoms with Crippen LogP contribution in [0.5, 0.6) is 0 Å². The second kappa shape index (κ2) is 17.8. The van der Waals surface area contributed by atoms with Crippen molar-refractivity contribution >= 4 is 35.5 Å². The second-order valence-electron chi connectivity index (χ2n) is 16.9. The fraction of sp³-hybridized carbons (Fsp3) is 0.537. The van der Waals surface area contributed by atoms with E-state index in [0.29, 0.717) is 0 Å². The van der Waals surface area contributed by atoms with Crippen LogP contribution in [0, 0.1) is 23.0 Å². The van der Waals surface area contributed by atoms with Crippen LogP contribution in [0.25, 0.3) is 11.3 Å². The quantitative estimate of drug-likeness (QED) is 0.0978. The minimum absolute atomic E-state index is 0.0806.